The van der Waals surface area contributed by atoms with Crippen LogP contribution in [0.25, 0.3) is 0 Å². The van der Waals surface area contributed by atoms with Gasteiger partial charge < -0.3 is 10.1 Å². The molecule has 0 spiro atoms. The summed E-state index contributed by atoms with van der Waals surface area (Å²) in [6.07, 6.45) is 2.21. The lowest BCUT2D eigenvalue weighted by molar-refractivity contribution is -0.123. The van der Waals surface area contributed by atoms with Crippen molar-refractivity contribution in [2.45, 2.75) is 32.3 Å². The summed E-state index contributed by atoms with van der Waals surface area (Å²) >= 11 is 13.3. The van der Waals surface area contributed by atoms with Crippen LogP contribution in [0.2, 0.25) is 10.0 Å². The lowest BCUT2D eigenvalue weighted by atomic mass is 10.2. The predicted molar refractivity (Wildman–Crippen MR) is 96.3 cm³/mol. The molecular weight excluding hydrogens is 369 g/mol. The molecule has 1 heterocycles. The smallest absolute Gasteiger partial charge is 0.349 e. The number of rotatable bonds is 4. The molecule has 1 aromatic heterocycles. The number of amides is 1. The van der Waals surface area contributed by atoms with Crippen molar-refractivity contribution in [3.8, 4) is 0 Å². The molecule has 0 saturated heterocycles. The number of aryl methyl sites for hydroxylation is 2. The van der Waals surface area contributed by atoms with Crippen LogP contribution in [0.3, 0.4) is 0 Å². The van der Waals surface area contributed by atoms with Crippen molar-refractivity contribution in [1.29, 1.82) is 0 Å². The van der Waals surface area contributed by atoms with Gasteiger partial charge in [0.1, 0.15) is 4.88 Å². The molecule has 0 saturated carbocycles. The molecule has 1 atom stereocenters. The molecule has 1 N–H and O–H groups in total. The van der Waals surface area contributed by atoms with Gasteiger partial charge in [-0.3, -0.25) is 4.79 Å². The van der Waals surface area contributed by atoms with E-state index < -0.39 is 18.0 Å². The van der Waals surface area contributed by atoms with Crippen LogP contribution in [-0.4, -0.2) is 18.0 Å². The highest BCUT2D eigenvalue weighted by Crippen LogP contribution is 2.31. The Balaban J connectivity index is 1.63. The van der Waals surface area contributed by atoms with Gasteiger partial charge in [0.25, 0.3) is 5.91 Å². The van der Waals surface area contributed by atoms with E-state index in [1.54, 1.807) is 18.2 Å². The first-order chi connectivity index (χ1) is 11.4. The van der Waals surface area contributed by atoms with Gasteiger partial charge in [-0.05, 0) is 56.0 Å². The van der Waals surface area contributed by atoms with Crippen LogP contribution >= 0.6 is 34.5 Å². The second kappa shape index (κ2) is 7.13. The number of nitrogens with one attached hydrogen (secondary N) is 1. The third-order valence-electron chi connectivity index (χ3n) is 3.79. The van der Waals surface area contributed by atoms with E-state index in [1.807, 2.05) is 6.07 Å². The molecule has 1 aromatic carbocycles. The molecule has 4 nitrogen and oxygen atoms in total. The number of esters is 1. The van der Waals surface area contributed by atoms with E-state index in [0.29, 0.717) is 20.6 Å². The number of anilines is 1. The zero-order valence-electron chi connectivity index (χ0n) is 12.9. The molecule has 1 aliphatic carbocycles. The van der Waals surface area contributed by atoms with Crippen LogP contribution in [0.5, 0.6) is 0 Å². The maximum absolute atomic E-state index is 12.2. The van der Waals surface area contributed by atoms with Crippen molar-refractivity contribution in [2.75, 3.05) is 5.32 Å². The van der Waals surface area contributed by atoms with E-state index in [2.05, 4.69) is 5.32 Å². The topological polar surface area (TPSA) is 55.4 Å². The van der Waals surface area contributed by atoms with Gasteiger partial charge in [0.2, 0.25) is 0 Å². The lowest BCUT2D eigenvalue weighted by Gasteiger charge is -2.14. The van der Waals surface area contributed by atoms with E-state index in [4.69, 9.17) is 27.9 Å². The average Bonchev–Trinajstić information content (AvgIpc) is 3.12. The van der Waals surface area contributed by atoms with E-state index in [1.165, 1.54) is 28.7 Å². The van der Waals surface area contributed by atoms with Gasteiger partial charge in [-0.2, -0.15) is 0 Å². The number of benzene rings is 1. The fraction of sp³-hybridized carbons (Fsp3) is 0.294. The van der Waals surface area contributed by atoms with Gasteiger partial charge in [-0.1, -0.05) is 23.2 Å². The van der Waals surface area contributed by atoms with E-state index in [-0.39, 0.29) is 0 Å². The van der Waals surface area contributed by atoms with Gasteiger partial charge in [-0.25, -0.2) is 4.79 Å². The molecule has 7 heteroatoms. The zero-order valence-corrected chi connectivity index (χ0v) is 15.2. The second-order valence-corrected chi connectivity index (χ2v) is 7.55. The predicted octanol–water partition coefficient (Wildman–Crippen LogP) is 4.73. The minimum atomic E-state index is -0.940. The first kappa shape index (κ1) is 17.3. The summed E-state index contributed by atoms with van der Waals surface area (Å²) in [5, 5.41) is 3.43. The van der Waals surface area contributed by atoms with Crippen LogP contribution in [0.15, 0.2) is 24.3 Å². The molecule has 24 heavy (non-hydrogen) atoms. The first-order valence-electron chi connectivity index (χ1n) is 7.52. The summed E-state index contributed by atoms with van der Waals surface area (Å²) in [7, 11) is 0. The number of hydrogen-bond acceptors (Lipinski definition) is 4. The maximum atomic E-state index is 12.2. The second-order valence-electron chi connectivity index (χ2n) is 5.57. The van der Waals surface area contributed by atoms with Gasteiger partial charge in [0.05, 0.1) is 10.7 Å². The molecule has 0 aliphatic heterocycles. The first-order valence-corrected chi connectivity index (χ1v) is 9.10. The van der Waals surface area contributed by atoms with Crippen LogP contribution < -0.4 is 5.32 Å². The van der Waals surface area contributed by atoms with Gasteiger partial charge in [0, 0.05) is 9.90 Å². The summed E-state index contributed by atoms with van der Waals surface area (Å²) in [6, 6.07) is 6.62. The fourth-order valence-electron chi connectivity index (χ4n) is 2.53. The Kier molecular flexibility index (Phi) is 5.13. The van der Waals surface area contributed by atoms with Gasteiger partial charge >= 0.3 is 5.97 Å². The summed E-state index contributed by atoms with van der Waals surface area (Å²) in [5.41, 5.74) is 1.60. The summed E-state index contributed by atoms with van der Waals surface area (Å²) < 4.78 is 5.26. The molecule has 126 valence electrons. The van der Waals surface area contributed by atoms with Crippen LogP contribution in [0.1, 0.15) is 33.5 Å². The van der Waals surface area contributed by atoms with E-state index >= 15 is 0 Å². The Morgan fingerprint density at radius 3 is 2.79 bits per heavy atom. The molecule has 0 fully saturated rings. The van der Waals surface area contributed by atoms with Crippen LogP contribution in [-0.2, 0) is 22.4 Å². The zero-order chi connectivity index (χ0) is 17.3. The van der Waals surface area contributed by atoms with E-state index in [9.17, 15) is 9.59 Å². The summed E-state index contributed by atoms with van der Waals surface area (Å²) in [5.74, 6) is -0.939. The Hall–Kier alpha value is -1.56. The Bertz CT molecular complexity index is 782. The van der Waals surface area contributed by atoms with Crippen molar-refractivity contribution in [3.05, 3.63) is 49.6 Å². The molecule has 0 bridgehead atoms. The summed E-state index contributed by atoms with van der Waals surface area (Å²) in [4.78, 5) is 26.2. The monoisotopic (exact) mass is 383 g/mol. The minimum absolute atomic E-state index is 0.362. The molecule has 1 aliphatic rings. The Morgan fingerprint density at radius 2 is 2.04 bits per heavy atom. The van der Waals surface area contributed by atoms with E-state index in [0.717, 1.165) is 19.3 Å². The Morgan fingerprint density at radius 1 is 1.25 bits per heavy atom. The maximum Gasteiger partial charge on any atom is 0.349 e. The van der Waals surface area contributed by atoms with Crippen molar-refractivity contribution < 1.29 is 14.3 Å². The van der Waals surface area contributed by atoms with Crippen molar-refractivity contribution in [3.63, 3.8) is 0 Å². The molecule has 3 rings (SSSR count). The number of hydrogen-bond donors (Lipinski definition) is 1. The molecule has 2 aromatic rings. The molecule has 0 radical (unpaired) electrons. The van der Waals surface area contributed by atoms with Gasteiger partial charge in [0.15, 0.2) is 6.10 Å². The van der Waals surface area contributed by atoms with Crippen molar-refractivity contribution in [1.82, 2.24) is 0 Å². The highest BCUT2D eigenvalue weighted by molar-refractivity contribution is 7.14. The van der Waals surface area contributed by atoms with Crippen molar-refractivity contribution in [2.24, 2.45) is 0 Å². The Labute approximate surface area is 153 Å². The molecule has 0 unspecified atom stereocenters. The third-order valence-corrected chi connectivity index (χ3v) is 5.57. The number of halogens is 2. The number of carbonyl (C=O) groups is 2. The quantitative estimate of drug-likeness (QED) is 0.776. The lowest BCUT2D eigenvalue weighted by Crippen LogP contribution is -2.29. The standard InChI is InChI=1S/C17H15Cl2NO3S/c1-9(16(21)20-13-8-11(18)5-6-12(13)19)23-17(22)15-7-10-3-2-4-14(10)24-15/h5-9H,2-4H2,1H3,(H,20,21)/t9-/m0/s1. The fourth-order valence-corrected chi connectivity index (χ4v) is 4.00. The van der Waals surface area contributed by atoms with Crippen LogP contribution in [0, 0.1) is 0 Å². The number of thiophene rings is 1. The molecular formula is C17H15Cl2NO3S. The number of fused-ring (bicyclic) bond motifs is 1. The highest BCUT2D eigenvalue weighted by atomic mass is 35.5. The van der Waals surface area contributed by atoms with Gasteiger partial charge in [-0.15, -0.1) is 11.3 Å². The SMILES string of the molecule is C[C@H](OC(=O)c1cc2c(s1)CCC2)C(=O)Nc1cc(Cl)ccc1Cl. The van der Waals surface area contributed by atoms with Crippen LogP contribution in [0.4, 0.5) is 5.69 Å². The number of ether oxygens (including phenoxy) is 1. The normalized spacial score (nSPS) is 14.1. The molecule has 1 amide bonds. The summed E-state index contributed by atoms with van der Waals surface area (Å²) in [6.45, 7) is 1.52. The average molecular weight is 384 g/mol. The highest BCUT2D eigenvalue weighted by Gasteiger charge is 2.23. The van der Waals surface area contributed by atoms with Crippen molar-refractivity contribution >= 4 is 52.1 Å². The third kappa shape index (κ3) is 3.74. The largest absolute Gasteiger partial charge is 0.448 e. The minimum Gasteiger partial charge on any atom is -0.448 e. The number of carbonyl (C=O) groups excluding carboxylic acids is 2.